The number of carbonyl (C=O) groups excluding carboxylic acids is 2. The molecule has 2 heterocycles. The summed E-state index contributed by atoms with van der Waals surface area (Å²) in [6.07, 6.45) is 0.649. The summed E-state index contributed by atoms with van der Waals surface area (Å²) < 4.78 is 0. The third-order valence-corrected chi connectivity index (χ3v) is 7.24. The number of hydrogen-bond acceptors (Lipinski definition) is 5. The number of benzene rings is 3. The van der Waals surface area contributed by atoms with Gasteiger partial charge in [-0.1, -0.05) is 84.4 Å². The van der Waals surface area contributed by atoms with E-state index in [1.54, 1.807) is 29.2 Å². The molecule has 8 heteroatoms. The molecule has 198 valence electrons. The van der Waals surface area contributed by atoms with Crippen molar-refractivity contribution in [3.05, 3.63) is 113 Å². The molecular formula is C31H30ClN5O2. The fourth-order valence-electron chi connectivity index (χ4n) is 4.67. The van der Waals surface area contributed by atoms with Crippen LogP contribution in [0.3, 0.4) is 0 Å². The van der Waals surface area contributed by atoms with Crippen molar-refractivity contribution in [2.24, 2.45) is 0 Å². The van der Waals surface area contributed by atoms with Gasteiger partial charge in [0.1, 0.15) is 6.54 Å². The fraction of sp³-hybridized carbons (Fsp3) is 0.226. The highest BCUT2D eigenvalue weighted by Crippen LogP contribution is 2.20. The standard InChI is InChI=1S/C31H30ClN5O2/c32-27-14-8-7-13-26(27)31(39)37(18-17-24-9-3-1-4-10-24)23-30(38)36-21-19-35(20-22-36)29-16-15-28(33-34-29)25-11-5-2-6-12-25/h1-16H,17-23H2. The number of piperazine rings is 1. The maximum atomic E-state index is 13.4. The second-order valence-electron chi connectivity index (χ2n) is 9.45. The second-order valence-corrected chi connectivity index (χ2v) is 9.86. The Morgan fingerprint density at radius 3 is 2.10 bits per heavy atom. The summed E-state index contributed by atoms with van der Waals surface area (Å²) in [4.78, 5) is 32.3. The Hall–Kier alpha value is -4.23. The molecule has 0 radical (unpaired) electrons. The lowest BCUT2D eigenvalue weighted by Crippen LogP contribution is -2.52. The van der Waals surface area contributed by atoms with E-state index < -0.39 is 0 Å². The molecule has 0 saturated carbocycles. The van der Waals surface area contributed by atoms with Gasteiger partial charge in [0.05, 0.1) is 16.3 Å². The molecule has 1 aliphatic rings. The highest BCUT2D eigenvalue weighted by molar-refractivity contribution is 6.33. The average Bonchev–Trinajstić information content (AvgIpc) is 3.00. The van der Waals surface area contributed by atoms with Gasteiger partial charge in [0.25, 0.3) is 5.91 Å². The van der Waals surface area contributed by atoms with Crippen LogP contribution in [-0.4, -0.2) is 71.1 Å². The molecule has 1 aliphatic heterocycles. The van der Waals surface area contributed by atoms with Crippen LogP contribution in [0, 0.1) is 0 Å². The van der Waals surface area contributed by atoms with Gasteiger partial charge in [-0.2, -0.15) is 0 Å². The minimum absolute atomic E-state index is 0.00245. The van der Waals surface area contributed by atoms with Crippen LogP contribution < -0.4 is 4.90 Å². The molecular weight excluding hydrogens is 510 g/mol. The van der Waals surface area contributed by atoms with Crippen LogP contribution >= 0.6 is 11.6 Å². The predicted octanol–water partition coefficient (Wildman–Crippen LogP) is 4.83. The van der Waals surface area contributed by atoms with E-state index in [0.29, 0.717) is 49.7 Å². The van der Waals surface area contributed by atoms with Crippen molar-refractivity contribution in [3.8, 4) is 11.3 Å². The van der Waals surface area contributed by atoms with Crippen LogP contribution in [0.4, 0.5) is 5.82 Å². The van der Waals surface area contributed by atoms with Crippen molar-refractivity contribution in [1.29, 1.82) is 0 Å². The zero-order valence-electron chi connectivity index (χ0n) is 21.6. The van der Waals surface area contributed by atoms with E-state index in [2.05, 4.69) is 15.1 Å². The molecule has 1 fully saturated rings. The SMILES string of the molecule is O=C(CN(CCc1ccccc1)C(=O)c1ccccc1Cl)N1CCN(c2ccc(-c3ccccc3)nn2)CC1. The van der Waals surface area contributed by atoms with Gasteiger partial charge in [-0.15, -0.1) is 10.2 Å². The highest BCUT2D eigenvalue weighted by atomic mass is 35.5. The van der Waals surface area contributed by atoms with E-state index in [1.807, 2.05) is 77.7 Å². The maximum absolute atomic E-state index is 13.4. The van der Waals surface area contributed by atoms with Crippen molar-refractivity contribution in [2.75, 3.05) is 44.2 Å². The molecule has 0 atom stereocenters. The van der Waals surface area contributed by atoms with E-state index >= 15 is 0 Å². The van der Waals surface area contributed by atoms with E-state index in [4.69, 9.17) is 11.6 Å². The lowest BCUT2D eigenvalue weighted by Gasteiger charge is -2.36. The smallest absolute Gasteiger partial charge is 0.255 e. The largest absolute Gasteiger partial charge is 0.352 e. The Labute approximate surface area is 233 Å². The molecule has 4 aromatic rings. The van der Waals surface area contributed by atoms with Gasteiger partial charge in [-0.25, -0.2) is 0 Å². The minimum atomic E-state index is -0.239. The number of anilines is 1. The van der Waals surface area contributed by atoms with Gasteiger partial charge in [-0.05, 0) is 36.2 Å². The van der Waals surface area contributed by atoms with Crippen molar-refractivity contribution in [2.45, 2.75) is 6.42 Å². The Balaban J connectivity index is 1.21. The van der Waals surface area contributed by atoms with Gasteiger partial charge < -0.3 is 14.7 Å². The Bertz CT molecular complexity index is 1390. The quantitative estimate of drug-likeness (QED) is 0.321. The summed E-state index contributed by atoms with van der Waals surface area (Å²) in [5.41, 5.74) is 3.36. The maximum Gasteiger partial charge on any atom is 0.255 e. The van der Waals surface area contributed by atoms with Crippen molar-refractivity contribution < 1.29 is 9.59 Å². The number of aromatic nitrogens is 2. The summed E-state index contributed by atoms with van der Waals surface area (Å²) in [6, 6.07) is 30.8. The number of carbonyl (C=O) groups is 2. The van der Waals surface area contributed by atoms with Gasteiger partial charge in [0, 0.05) is 38.3 Å². The molecule has 0 spiro atoms. The number of nitrogens with zero attached hydrogens (tertiary/aromatic N) is 5. The van der Waals surface area contributed by atoms with Gasteiger partial charge in [-0.3, -0.25) is 9.59 Å². The molecule has 7 nitrogen and oxygen atoms in total. The lowest BCUT2D eigenvalue weighted by atomic mass is 10.1. The van der Waals surface area contributed by atoms with E-state index in [1.165, 1.54) is 0 Å². The van der Waals surface area contributed by atoms with Crippen molar-refractivity contribution >= 4 is 29.2 Å². The van der Waals surface area contributed by atoms with Crippen LogP contribution in [0.2, 0.25) is 5.02 Å². The molecule has 0 unspecified atom stereocenters. The summed E-state index contributed by atoms with van der Waals surface area (Å²) in [5, 5.41) is 9.20. The predicted molar refractivity (Wildman–Crippen MR) is 154 cm³/mol. The van der Waals surface area contributed by atoms with Crippen LogP contribution in [-0.2, 0) is 11.2 Å². The van der Waals surface area contributed by atoms with Gasteiger partial charge in [0.15, 0.2) is 5.82 Å². The molecule has 3 aromatic carbocycles. The molecule has 1 aromatic heterocycles. The van der Waals surface area contributed by atoms with E-state index in [-0.39, 0.29) is 18.4 Å². The number of amides is 2. The molecule has 39 heavy (non-hydrogen) atoms. The van der Waals surface area contributed by atoms with Crippen molar-refractivity contribution in [3.63, 3.8) is 0 Å². The van der Waals surface area contributed by atoms with Crippen LogP contribution in [0.25, 0.3) is 11.3 Å². The Kier molecular flexibility index (Phi) is 8.48. The summed E-state index contributed by atoms with van der Waals surface area (Å²) in [7, 11) is 0. The topological polar surface area (TPSA) is 69.6 Å². The molecule has 5 rings (SSSR count). The van der Waals surface area contributed by atoms with Gasteiger partial charge >= 0.3 is 0 Å². The lowest BCUT2D eigenvalue weighted by molar-refractivity contribution is -0.132. The van der Waals surface area contributed by atoms with E-state index in [0.717, 1.165) is 22.6 Å². The fourth-order valence-corrected chi connectivity index (χ4v) is 4.89. The molecule has 0 bridgehead atoms. The number of halogens is 1. The molecule has 0 aliphatic carbocycles. The minimum Gasteiger partial charge on any atom is -0.352 e. The monoisotopic (exact) mass is 539 g/mol. The molecule has 1 saturated heterocycles. The third-order valence-electron chi connectivity index (χ3n) is 6.91. The van der Waals surface area contributed by atoms with Crippen LogP contribution in [0.15, 0.2) is 97.1 Å². The number of hydrogen-bond donors (Lipinski definition) is 0. The Morgan fingerprint density at radius 2 is 1.44 bits per heavy atom. The van der Waals surface area contributed by atoms with Crippen LogP contribution in [0.1, 0.15) is 15.9 Å². The average molecular weight is 540 g/mol. The first kappa shape index (κ1) is 26.4. The molecule has 2 amide bonds. The summed E-state index contributed by atoms with van der Waals surface area (Å²) in [5.74, 6) is 0.478. The zero-order valence-corrected chi connectivity index (χ0v) is 22.4. The van der Waals surface area contributed by atoms with Crippen LogP contribution in [0.5, 0.6) is 0 Å². The van der Waals surface area contributed by atoms with Gasteiger partial charge in [0.2, 0.25) is 5.91 Å². The third kappa shape index (κ3) is 6.62. The first-order valence-electron chi connectivity index (χ1n) is 13.1. The van der Waals surface area contributed by atoms with E-state index in [9.17, 15) is 9.59 Å². The highest BCUT2D eigenvalue weighted by Gasteiger charge is 2.26. The number of rotatable bonds is 8. The zero-order chi connectivity index (χ0) is 27.0. The summed E-state index contributed by atoms with van der Waals surface area (Å²) in [6.45, 7) is 2.81. The first-order valence-corrected chi connectivity index (χ1v) is 13.5. The normalized spacial score (nSPS) is 13.3. The second kappa shape index (κ2) is 12.5. The van der Waals surface area contributed by atoms with Crippen molar-refractivity contribution in [1.82, 2.24) is 20.0 Å². The Morgan fingerprint density at radius 1 is 0.769 bits per heavy atom. The summed E-state index contributed by atoms with van der Waals surface area (Å²) >= 11 is 6.32. The molecule has 0 N–H and O–H groups in total. The first-order chi connectivity index (χ1) is 19.1.